The van der Waals surface area contributed by atoms with Crippen LogP contribution < -0.4 is 5.32 Å². The van der Waals surface area contributed by atoms with Crippen LogP contribution in [0.1, 0.15) is 28.8 Å². The molecule has 2 aliphatic heterocycles. The topological polar surface area (TPSA) is 55.4 Å². The van der Waals surface area contributed by atoms with E-state index < -0.39 is 5.66 Å². The van der Waals surface area contributed by atoms with Crippen LogP contribution in [0.2, 0.25) is 10.0 Å². The van der Waals surface area contributed by atoms with E-state index >= 15 is 0 Å². The average molecular weight is 406 g/mol. The summed E-state index contributed by atoms with van der Waals surface area (Å²) in [6.07, 6.45) is 1.18. The van der Waals surface area contributed by atoms with Gasteiger partial charge in [-0.1, -0.05) is 41.4 Å². The van der Waals surface area contributed by atoms with Crippen molar-refractivity contribution in [2.45, 2.75) is 25.0 Å². The molecule has 0 radical (unpaired) electrons. The first-order chi connectivity index (χ1) is 12.8. The molecule has 0 aliphatic carbocycles. The van der Waals surface area contributed by atoms with E-state index in [-0.39, 0.29) is 10.6 Å². The summed E-state index contributed by atoms with van der Waals surface area (Å²) >= 11 is 12.2. The molecule has 2 aromatic rings. The van der Waals surface area contributed by atoms with Gasteiger partial charge in [0.25, 0.3) is 5.91 Å². The predicted molar refractivity (Wildman–Crippen MR) is 108 cm³/mol. The maximum absolute atomic E-state index is 13.4. The fraction of sp³-hybridized carbons (Fsp3) is 0.350. The lowest BCUT2D eigenvalue weighted by Crippen LogP contribution is -2.65. The van der Waals surface area contributed by atoms with E-state index in [2.05, 4.69) is 5.32 Å². The molecule has 1 spiro atoms. The van der Waals surface area contributed by atoms with Gasteiger partial charge in [0, 0.05) is 25.1 Å². The fourth-order valence-electron chi connectivity index (χ4n) is 3.95. The van der Waals surface area contributed by atoms with Gasteiger partial charge in [-0.3, -0.25) is 4.79 Å². The first-order valence-corrected chi connectivity index (χ1v) is 9.74. The Kier molecular flexibility index (Phi) is 4.59. The summed E-state index contributed by atoms with van der Waals surface area (Å²) in [5, 5.41) is 16.9. The van der Waals surface area contributed by atoms with Gasteiger partial charge in [-0.15, -0.1) is 0 Å². The number of nitrogens with one attached hydrogen (secondary N) is 1. The highest BCUT2D eigenvalue weighted by molar-refractivity contribution is 6.42. The largest absolute Gasteiger partial charge is 0.633 e. The molecule has 27 heavy (non-hydrogen) atoms. The zero-order valence-electron chi connectivity index (χ0n) is 15.0. The second-order valence-electron chi connectivity index (χ2n) is 7.59. The third kappa shape index (κ3) is 3.41. The van der Waals surface area contributed by atoms with Crippen molar-refractivity contribution in [1.82, 2.24) is 4.90 Å². The molecule has 2 aliphatic rings. The molecule has 0 aromatic heterocycles. The number of hydroxylamine groups is 3. The molecule has 5 nitrogen and oxygen atoms in total. The number of carbonyl (C=O) groups is 1. The van der Waals surface area contributed by atoms with Crippen molar-refractivity contribution < 1.29 is 9.44 Å². The second-order valence-corrected chi connectivity index (χ2v) is 8.40. The van der Waals surface area contributed by atoms with Gasteiger partial charge in [-0.05, 0) is 29.8 Å². The Hall–Kier alpha value is -1.79. The Bertz CT molecular complexity index is 891. The normalized spacial score (nSPS) is 27.4. The van der Waals surface area contributed by atoms with Crippen molar-refractivity contribution in [3.63, 3.8) is 0 Å². The summed E-state index contributed by atoms with van der Waals surface area (Å²) in [5.74, 6) is -0.0302. The number of rotatable bonds is 2. The lowest BCUT2D eigenvalue weighted by Gasteiger charge is -2.55. The lowest BCUT2D eigenvalue weighted by molar-refractivity contribution is -0.867. The van der Waals surface area contributed by atoms with Crippen LogP contribution in [-0.4, -0.2) is 41.3 Å². The molecule has 2 aromatic carbocycles. The smallest absolute Gasteiger partial charge is 0.258 e. The number of anilines is 1. The summed E-state index contributed by atoms with van der Waals surface area (Å²) in [6, 6.07) is 12.9. The quantitative estimate of drug-likeness (QED) is 0.591. The Morgan fingerprint density at radius 1 is 1.15 bits per heavy atom. The first kappa shape index (κ1) is 18.6. The molecule has 0 unspecified atom stereocenters. The zero-order valence-corrected chi connectivity index (χ0v) is 16.6. The van der Waals surface area contributed by atoms with Crippen LogP contribution in [0.15, 0.2) is 42.5 Å². The minimum absolute atomic E-state index is 0.0302. The maximum Gasteiger partial charge on any atom is 0.258 e. The Balaban J connectivity index is 1.73. The summed E-state index contributed by atoms with van der Waals surface area (Å²) in [7, 11) is 1.69. The summed E-state index contributed by atoms with van der Waals surface area (Å²) in [6.45, 7) is 1.32. The van der Waals surface area contributed by atoms with Crippen molar-refractivity contribution in [3.8, 4) is 0 Å². The van der Waals surface area contributed by atoms with Crippen LogP contribution in [0.4, 0.5) is 5.69 Å². The number of likely N-dealkylation sites (tertiary alicyclic amines) is 1. The van der Waals surface area contributed by atoms with Crippen LogP contribution in [0.25, 0.3) is 0 Å². The van der Waals surface area contributed by atoms with E-state index in [1.165, 1.54) is 0 Å². The van der Waals surface area contributed by atoms with Crippen LogP contribution in [0, 0.1) is 5.21 Å². The molecule has 1 N–H and O–H groups in total. The number of piperidine rings is 1. The van der Waals surface area contributed by atoms with Gasteiger partial charge in [0.1, 0.15) is 5.66 Å². The van der Waals surface area contributed by atoms with Gasteiger partial charge in [0.05, 0.1) is 35.7 Å². The van der Waals surface area contributed by atoms with Crippen LogP contribution in [0.3, 0.4) is 0 Å². The molecule has 1 amide bonds. The molecule has 4 rings (SSSR count). The van der Waals surface area contributed by atoms with Crippen molar-refractivity contribution in [2.75, 3.05) is 25.5 Å². The summed E-state index contributed by atoms with van der Waals surface area (Å²) in [5.41, 5.74) is 1.81. The molecule has 0 atom stereocenters. The molecule has 0 bridgehead atoms. The number of quaternary nitrogens is 1. The number of hydrogen-bond donors (Lipinski definition) is 1. The van der Waals surface area contributed by atoms with Crippen molar-refractivity contribution in [3.05, 3.63) is 68.8 Å². The number of amides is 1. The summed E-state index contributed by atoms with van der Waals surface area (Å²) in [4.78, 5) is 15.2. The van der Waals surface area contributed by atoms with Gasteiger partial charge in [0.2, 0.25) is 0 Å². The number of para-hydroxylation sites is 1. The number of fused-ring (bicyclic) bond motifs is 1. The lowest BCUT2D eigenvalue weighted by atomic mass is 9.89. The van der Waals surface area contributed by atoms with Gasteiger partial charge in [-0.25, -0.2) is 0 Å². The SMILES string of the molecule is C[N+]1([O-])CCC2(CC1)Nc1ccccc1C(=O)N2Cc1ccc(Cl)c(Cl)c1. The fourth-order valence-corrected chi connectivity index (χ4v) is 4.28. The highest BCUT2D eigenvalue weighted by atomic mass is 35.5. The molecule has 7 heteroatoms. The van der Waals surface area contributed by atoms with Gasteiger partial charge in [-0.2, -0.15) is 0 Å². The van der Waals surface area contributed by atoms with Crippen molar-refractivity contribution >= 4 is 34.8 Å². The molecule has 142 valence electrons. The standard InChI is InChI=1S/C20H21Cl2N3O2/c1-25(27)10-8-20(9-11-25)23-18-5-3-2-4-15(18)19(26)24(20)13-14-6-7-16(21)17(22)12-14/h2-7,12,23H,8-11,13H2,1H3. The highest BCUT2D eigenvalue weighted by Crippen LogP contribution is 2.40. The zero-order chi connectivity index (χ0) is 19.2. The number of carbonyl (C=O) groups excluding carboxylic acids is 1. The molecular weight excluding hydrogens is 385 g/mol. The van der Waals surface area contributed by atoms with Gasteiger partial charge >= 0.3 is 0 Å². The monoisotopic (exact) mass is 405 g/mol. The number of hydrogen-bond acceptors (Lipinski definition) is 3. The Morgan fingerprint density at radius 2 is 1.85 bits per heavy atom. The van der Waals surface area contributed by atoms with E-state index in [0.717, 1.165) is 11.3 Å². The predicted octanol–water partition coefficient (Wildman–Crippen LogP) is 4.50. The molecule has 1 fully saturated rings. The number of halogens is 2. The minimum atomic E-state index is -0.570. The minimum Gasteiger partial charge on any atom is -0.633 e. The van der Waals surface area contributed by atoms with Crippen LogP contribution >= 0.6 is 23.2 Å². The first-order valence-electron chi connectivity index (χ1n) is 8.98. The Labute approximate surface area is 168 Å². The second kappa shape index (κ2) is 6.67. The molecule has 2 heterocycles. The molecule has 0 saturated carbocycles. The van der Waals surface area contributed by atoms with Crippen molar-refractivity contribution in [1.29, 1.82) is 0 Å². The number of benzene rings is 2. The third-order valence-electron chi connectivity index (χ3n) is 5.61. The van der Waals surface area contributed by atoms with E-state index in [1.54, 1.807) is 19.2 Å². The van der Waals surface area contributed by atoms with Crippen LogP contribution in [-0.2, 0) is 6.54 Å². The van der Waals surface area contributed by atoms with Crippen LogP contribution in [0.5, 0.6) is 0 Å². The number of nitrogens with zero attached hydrogens (tertiary/aromatic N) is 2. The van der Waals surface area contributed by atoms with E-state index in [1.807, 2.05) is 35.2 Å². The van der Waals surface area contributed by atoms with E-state index in [9.17, 15) is 10.0 Å². The van der Waals surface area contributed by atoms with Gasteiger partial charge in [0.15, 0.2) is 0 Å². The van der Waals surface area contributed by atoms with Gasteiger partial charge < -0.3 is 20.1 Å². The highest BCUT2D eigenvalue weighted by Gasteiger charge is 2.48. The molecular formula is C20H21Cl2N3O2. The average Bonchev–Trinajstić information content (AvgIpc) is 2.64. The van der Waals surface area contributed by atoms with E-state index in [0.29, 0.717) is 48.1 Å². The maximum atomic E-state index is 13.4. The third-order valence-corrected chi connectivity index (χ3v) is 6.35. The van der Waals surface area contributed by atoms with Crippen molar-refractivity contribution in [2.24, 2.45) is 0 Å². The molecule has 1 saturated heterocycles. The summed E-state index contributed by atoms with van der Waals surface area (Å²) < 4.78 is -0.278. The van der Waals surface area contributed by atoms with E-state index in [4.69, 9.17) is 23.2 Å². The Morgan fingerprint density at radius 3 is 2.56 bits per heavy atom.